The molecule has 0 spiro atoms. The van der Waals surface area contributed by atoms with Gasteiger partial charge >= 0.3 is 0 Å². The minimum Gasteiger partial charge on any atom is -0.334 e. The normalized spacial score (nSPS) is 17.8. The second-order valence-electron chi connectivity index (χ2n) is 5.93. The molecule has 2 aromatic heterocycles. The number of piperidine rings is 1. The first-order valence-electron chi connectivity index (χ1n) is 8.29. The number of aryl methyl sites for hydroxylation is 2. The van der Waals surface area contributed by atoms with Gasteiger partial charge in [-0.1, -0.05) is 18.3 Å². The maximum absolute atomic E-state index is 12.3. The highest BCUT2D eigenvalue weighted by atomic mass is 32.1. The number of aromatic nitrogens is 4. The van der Waals surface area contributed by atoms with Crippen LogP contribution in [0.1, 0.15) is 55.2 Å². The third-order valence-corrected chi connectivity index (χ3v) is 4.84. The van der Waals surface area contributed by atoms with Gasteiger partial charge in [0.15, 0.2) is 0 Å². The summed E-state index contributed by atoms with van der Waals surface area (Å²) < 4.78 is 0. The first-order chi connectivity index (χ1) is 11.6. The van der Waals surface area contributed by atoms with E-state index in [0.717, 1.165) is 36.5 Å². The van der Waals surface area contributed by atoms with E-state index < -0.39 is 0 Å². The topological polar surface area (TPSA) is 83.9 Å². The van der Waals surface area contributed by atoms with Gasteiger partial charge in [0, 0.05) is 19.0 Å². The predicted octanol–water partition coefficient (Wildman–Crippen LogP) is 3.15. The average molecular weight is 346 g/mol. The first-order valence-corrected chi connectivity index (χ1v) is 9.10. The summed E-state index contributed by atoms with van der Waals surface area (Å²) in [5.41, 5.74) is 0.896. The fourth-order valence-electron chi connectivity index (χ4n) is 3.02. The van der Waals surface area contributed by atoms with Crippen molar-refractivity contribution in [3.8, 4) is 0 Å². The number of anilines is 2. The van der Waals surface area contributed by atoms with Gasteiger partial charge in [0.2, 0.25) is 11.0 Å². The van der Waals surface area contributed by atoms with Crippen LogP contribution in [0.15, 0.2) is 6.07 Å². The minimum absolute atomic E-state index is 0.0320. The van der Waals surface area contributed by atoms with Crippen LogP contribution in [-0.2, 0) is 4.79 Å². The molecule has 0 aliphatic carbocycles. The highest BCUT2D eigenvalue weighted by Gasteiger charge is 2.28. The van der Waals surface area contributed by atoms with Crippen molar-refractivity contribution in [1.29, 1.82) is 0 Å². The second kappa shape index (κ2) is 7.21. The van der Waals surface area contributed by atoms with Gasteiger partial charge in [-0.25, -0.2) is 9.97 Å². The van der Waals surface area contributed by atoms with Crippen LogP contribution in [0.5, 0.6) is 0 Å². The lowest BCUT2D eigenvalue weighted by Crippen LogP contribution is -2.38. The highest BCUT2D eigenvalue weighted by molar-refractivity contribution is 7.15. The van der Waals surface area contributed by atoms with E-state index in [1.165, 1.54) is 11.3 Å². The molecule has 1 saturated heterocycles. The number of nitrogens with zero attached hydrogens (tertiary/aromatic N) is 5. The number of rotatable bonds is 4. The molecule has 1 aliphatic heterocycles. The Kier molecular flexibility index (Phi) is 5.03. The Morgan fingerprint density at radius 2 is 2.17 bits per heavy atom. The maximum Gasteiger partial charge on any atom is 0.222 e. The molecular weight excluding hydrogens is 324 g/mol. The van der Waals surface area contributed by atoms with Gasteiger partial charge in [-0.2, -0.15) is 0 Å². The van der Waals surface area contributed by atoms with Crippen LogP contribution in [0, 0.1) is 13.8 Å². The molecule has 1 amide bonds. The van der Waals surface area contributed by atoms with E-state index in [0.29, 0.717) is 23.2 Å². The Balaban J connectivity index is 1.87. The predicted molar refractivity (Wildman–Crippen MR) is 93.3 cm³/mol. The molecule has 3 heterocycles. The number of hydrogen-bond acceptors (Lipinski definition) is 7. The summed E-state index contributed by atoms with van der Waals surface area (Å²) in [7, 11) is 0. The number of hydrogen-bond donors (Lipinski definition) is 1. The highest BCUT2D eigenvalue weighted by Crippen LogP contribution is 2.31. The quantitative estimate of drug-likeness (QED) is 0.915. The van der Waals surface area contributed by atoms with E-state index in [-0.39, 0.29) is 11.9 Å². The molecule has 0 bridgehead atoms. The molecule has 0 radical (unpaired) electrons. The third-order valence-electron chi connectivity index (χ3n) is 4.09. The second-order valence-corrected chi connectivity index (χ2v) is 7.11. The van der Waals surface area contributed by atoms with Crippen LogP contribution >= 0.6 is 11.3 Å². The Bertz CT molecular complexity index is 731. The molecule has 0 aromatic carbocycles. The molecule has 24 heavy (non-hydrogen) atoms. The van der Waals surface area contributed by atoms with Gasteiger partial charge < -0.3 is 10.2 Å². The summed E-state index contributed by atoms with van der Waals surface area (Å²) in [6.45, 7) is 6.49. The number of likely N-dealkylation sites (tertiary alicyclic amines) is 1. The number of carbonyl (C=O) groups is 1. The van der Waals surface area contributed by atoms with Gasteiger partial charge in [0.05, 0.1) is 11.7 Å². The van der Waals surface area contributed by atoms with Gasteiger partial charge in [-0.15, -0.1) is 10.2 Å². The molecule has 1 aliphatic rings. The van der Waals surface area contributed by atoms with E-state index >= 15 is 0 Å². The summed E-state index contributed by atoms with van der Waals surface area (Å²) in [5.74, 6) is 1.57. The van der Waals surface area contributed by atoms with Crippen molar-refractivity contribution >= 4 is 28.2 Å². The zero-order chi connectivity index (χ0) is 17.1. The van der Waals surface area contributed by atoms with Crippen molar-refractivity contribution in [2.45, 2.75) is 52.5 Å². The van der Waals surface area contributed by atoms with E-state index in [9.17, 15) is 4.79 Å². The Morgan fingerprint density at radius 3 is 2.88 bits per heavy atom. The third kappa shape index (κ3) is 3.69. The Hall–Kier alpha value is -2.09. The lowest BCUT2D eigenvalue weighted by molar-refractivity contribution is -0.134. The average Bonchev–Trinajstić information content (AvgIpc) is 2.98. The van der Waals surface area contributed by atoms with Gasteiger partial charge in [0.25, 0.3) is 0 Å². The van der Waals surface area contributed by atoms with Crippen molar-refractivity contribution in [3.05, 3.63) is 22.6 Å². The first kappa shape index (κ1) is 16.8. The van der Waals surface area contributed by atoms with Crippen LogP contribution in [0.3, 0.4) is 0 Å². The molecule has 128 valence electrons. The fourth-order valence-corrected chi connectivity index (χ4v) is 3.62. The molecule has 1 N–H and O–H groups in total. The number of nitrogens with one attached hydrogen (secondary N) is 1. The van der Waals surface area contributed by atoms with Gasteiger partial charge in [-0.05, 0) is 33.1 Å². The molecular formula is C16H22N6OS. The van der Waals surface area contributed by atoms with Crippen molar-refractivity contribution < 1.29 is 4.79 Å². The molecule has 3 rings (SSSR count). The summed E-state index contributed by atoms with van der Waals surface area (Å²) >= 11 is 1.48. The molecule has 1 fully saturated rings. The monoisotopic (exact) mass is 346 g/mol. The lowest BCUT2D eigenvalue weighted by atomic mass is 9.98. The van der Waals surface area contributed by atoms with Gasteiger partial charge in [0.1, 0.15) is 16.6 Å². The van der Waals surface area contributed by atoms with E-state index in [2.05, 4.69) is 25.5 Å². The van der Waals surface area contributed by atoms with Crippen molar-refractivity contribution in [3.63, 3.8) is 0 Å². The Morgan fingerprint density at radius 1 is 1.33 bits per heavy atom. The molecule has 0 saturated carbocycles. The summed E-state index contributed by atoms with van der Waals surface area (Å²) in [5, 5.41) is 12.9. The largest absolute Gasteiger partial charge is 0.334 e. The minimum atomic E-state index is 0.0320. The summed E-state index contributed by atoms with van der Waals surface area (Å²) in [4.78, 5) is 23.3. The zero-order valence-electron chi connectivity index (χ0n) is 14.2. The SMILES string of the molecule is CCC(=O)N1CCCCC1c1cc(Nc2nnc(C)s2)nc(C)n1. The molecule has 2 aromatic rings. The fraction of sp³-hybridized carbons (Fsp3) is 0.562. The van der Waals surface area contributed by atoms with Gasteiger partial charge in [-0.3, -0.25) is 4.79 Å². The van der Waals surface area contributed by atoms with Crippen LogP contribution in [0.4, 0.5) is 10.9 Å². The molecule has 8 heteroatoms. The number of carbonyl (C=O) groups excluding carboxylic acids is 1. The van der Waals surface area contributed by atoms with E-state index in [1.807, 2.05) is 31.7 Å². The standard InChI is InChI=1S/C16H22N6OS/c1-4-15(23)22-8-6-5-7-13(22)12-9-14(18-10(2)17-12)19-16-21-20-11(3)24-16/h9,13H,4-8H2,1-3H3,(H,17,18,19,21). The van der Waals surface area contributed by atoms with Crippen LogP contribution in [-0.4, -0.2) is 37.5 Å². The Labute approximate surface area is 145 Å². The van der Waals surface area contributed by atoms with Crippen LogP contribution < -0.4 is 5.32 Å². The van der Waals surface area contributed by atoms with Crippen LogP contribution in [0.25, 0.3) is 0 Å². The number of amides is 1. The van der Waals surface area contributed by atoms with E-state index in [4.69, 9.17) is 0 Å². The lowest BCUT2D eigenvalue weighted by Gasteiger charge is -2.35. The molecule has 1 unspecified atom stereocenters. The van der Waals surface area contributed by atoms with E-state index in [1.54, 1.807) is 0 Å². The molecule has 1 atom stereocenters. The smallest absolute Gasteiger partial charge is 0.222 e. The van der Waals surface area contributed by atoms with Crippen molar-refractivity contribution in [1.82, 2.24) is 25.1 Å². The summed E-state index contributed by atoms with van der Waals surface area (Å²) in [6.07, 6.45) is 3.64. The maximum atomic E-state index is 12.3. The zero-order valence-corrected chi connectivity index (χ0v) is 15.1. The van der Waals surface area contributed by atoms with Crippen molar-refractivity contribution in [2.75, 3.05) is 11.9 Å². The summed E-state index contributed by atoms with van der Waals surface area (Å²) in [6, 6.07) is 1.96. The van der Waals surface area contributed by atoms with Crippen molar-refractivity contribution in [2.24, 2.45) is 0 Å². The molecule has 7 nitrogen and oxygen atoms in total. The van der Waals surface area contributed by atoms with Crippen LogP contribution in [0.2, 0.25) is 0 Å².